The Balaban J connectivity index is 2.23. The van der Waals surface area contributed by atoms with E-state index in [-0.39, 0.29) is 0 Å². The van der Waals surface area contributed by atoms with Crippen LogP contribution in [0.1, 0.15) is 46.5 Å². The first-order valence-corrected chi connectivity index (χ1v) is 6.22. The molecule has 0 aromatic heterocycles. The fraction of sp³-hybridized carbons (Fsp3) is 1.00. The van der Waals surface area contributed by atoms with Crippen LogP contribution in [0.3, 0.4) is 0 Å². The topological polar surface area (TPSA) is 15.3 Å². The predicted molar refractivity (Wildman–Crippen MR) is 62.6 cm³/mol. The molecule has 2 atom stereocenters. The summed E-state index contributed by atoms with van der Waals surface area (Å²) in [7, 11) is 0. The highest BCUT2D eigenvalue weighted by Crippen LogP contribution is 2.13. The van der Waals surface area contributed by atoms with Gasteiger partial charge in [-0.15, -0.1) is 0 Å². The number of piperazine rings is 1. The minimum atomic E-state index is 0.723. The van der Waals surface area contributed by atoms with Crippen LogP contribution in [0, 0.1) is 0 Å². The fourth-order valence-electron chi connectivity index (χ4n) is 2.37. The summed E-state index contributed by atoms with van der Waals surface area (Å²) in [5, 5.41) is 3.44. The Morgan fingerprint density at radius 1 is 1.43 bits per heavy atom. The Morgan fingerprint density at radius 2 is 2.21 bits per heavy atom. The van der Waals surface area contributed by atoms with E-state index < -0.39 is 0 Å². The van der Waals surface area contributed by atoms with Crippen molar-refractivity contribution < 1.29 is 0 Å². The number of hydrogen-bond acceptors (Lipinski definition) is 2. The van der Waals surface area contributed by atoms with Crippen LogP contribution in [-0.2, 0) is 0 Å². The van der Waals surface area contributed by atoms with Gasteiger partial charge in [-0.25, -0.2) is 0 Å². The number of nitrogens with one attached hydrogen (secondary N) is 1. The maximum atomic E-state index is 3.44. The molecular formula is C12H26N2. The van der Waals surface area contributed by atoms with Gasteiger partial charge in [0.05, 0.1) is 0 Å². The molecule has 0 spiro atoms. The highest BCUT2D eigenvalue weighted by Gasteiger charge is 2.21. The second-order valence-electron chi connectivity index (χ2n) is 4.64. The lowest BCUT2D eigenvalue weighted by molar-refractivity contribution is 0.118. The van der Waals surface area contributed by atoms with Gasteiger partial charge in [0.1, 0.15) is 0 Å². The molecule has 1 aliphatic heterocycles. The molecule has 1 aliphatic rings. The largest absolute Gasteiger partial charge is 0.314 e. The third-order valence-corrected chi connectivity index (χ3v) is 3.34. The molecule has 1 heterocycles. The predicted octanol–water partition coefficient (Wildman–Crippen LogP) is 2.25. The molecule has 84 valence electrons. The molecule has 0 aromatic carbocycles. The molecule has 2 heteroatoms. The molecule has 0 radical (unpaired) electrons. The summed E-state index contributed by atoms with van der Waals surface area (Å²) in [6.07, 6.45) is 5.50. The summed E-state index contributed by atoms with van der Waals surface area (Å²) in [4.78, 5) is 2.66. The molecule has 0 aliphatic carbocycles. The second-order valence-corrected chi connectivity index (χ2v) is 4.64. The summed E-state index contributed by atoms with van der Waals surface area (Å²) in [6.45, 7) is 10.6. The quantitative estimate of drug-likeness (QED) is 0.682. The normalized spacial score (nSPS) is 26.4. The average molecular weight is 198 g/mol. The lowest BCUT2D eigenvalue weighted by Crippen LogP contribution is -2.53. The fourth-order valence-corrected chi connectivity index (χ4v) is 2.37. The Hall–Kier alpha value is -0.0800. The molecule has 0 bridgehead atoms. The summed E-state index contributed by atoms with van der Waals surface area (Å²) in [6, 6.07) is 1.50. The molecule has 14 heavy (non-hydrogen) atoms. The van der Waals surface area contributed by atoms with Gasteiger partial charge in [-0.2, -0.15) is 0 Å². The van der Waals surface area contributed by atoms with Crippen molar-refractivity contribution in [3.63, 3.8) is 0 Å². The average Bonchev–Trinajstić information content (AvgIpc) is 2.18. The lowest BCUT2D eigenvalue weighted by atomic mass is 10.1. The molecule has 0 unspecified atom stereocenters. The van der Waals surface area contributed by atoms with Gasteiger partial charge in [0.25, 0.3) is 0 Å². The first-order valence-electron chi connectivity index (χ1n) is 6.22. The van der Waals surface area contributed by atoms with E-state index in [0.29, 0.717) is 0 Å². The Labute approximate surface area is 89.1 Å². The summed E-state index contributed by atoms with van der Waals surface area (Å²) >= 11 is 0. The van der Waals surface area contributed by atoms with Gasteiger partial charge < -0.3 is 5.32 Å². The molecule has 1 saturated heterocycles. The van der Waals surface area contributed by atoms with Gasteiger partial charge >= 0.3 is 0 Å². The van der Waals surface area contributed by atoms with E-state index in [1.165, 1.54) is 38.8 Å². The van der Waals surface area contributed by atoms with E-state index in [1.54, 1.807) is 0 Å². The van der Waals surface area contributed by atoms with Gasteiger partial charge in [-0.1, -0.05) is 26.2 Å². The maximum absolute atomic E-state index is 3.44. The van der Waals surface area contributed by atoms with Gasteiger partial charge in [-0.3, -0.25) is 4.90 Å². The standard InChI is InChI=1S/C12H26N2/c1-4-5-6-7-11(2)14-9-8-13-10-12(14)3/h11-13H,4-10H2,1-3H3/t11-,12-/m0/s1. The van der Waals surface area contributed by atoms with Crippen molar-refractivity contribution in [3.8, 4) is 0 Å². The van der Waals surface area contributed by atoms with Crippen molar-refractivity contribution in [2.45, 2.75) is 58.5 Å². The molecule has 1 rings (SSSR count). The van der Waals surface area contributed by atoms with Crippen LogP contribution in [-0.4, -0.2) is 36.6 Å². The highest BCUT2D eigenvalue weighted by molar-refractivity contribution is 4.80. The van der Waals surface area contributed by atoms with Crippen LogP contribution < -0.4 is 5.32 Å². The Bertz CT molecular complexity index is 147. The SMILES string of the molecule is CCCCC[C@H](C)N1CCNC[C@@H]1C. The van der Waals surface area contributed by atoms with Gasteiger partial charge in [0.2, 0.25) is 0 Å². The van der Waals surface area contributed by atoms with Crippen molar-refractivity contribution in [2.24, 2.45) is 0 Å². The Morgan fingerprint density at radius 3 is 2.86 bits per heavy atom. The van der Waals surface area contributed by atoms with Gasteiger partial charge in [0.15, 0.2) is 0 Å². The molecular weight excluding hydrogens is 172 g/mol. The van der Waals surface area contributed by atoms with Crippen LogP contribution in [0.4, 0.5) is 0 Å². The minimum Gasteiger partial charge on any atom is -0.314 e. The molecule has 1 N–H and O–H groups in total. The van der Waals surface area contributed by atoms with Crippen LogP contribution in [0.25, 0.3) is 0 Å². The Kier molecular flexibility index (Phi) is 5.49. The summed E-state index contributed by atoms with van der Waals surface area (Å²) in [5.74, 6) is 0. The maximum Gasteiger partial charge on any atom is 0.0195 e. The van der Waals surface area contributed by atoms with E-state index in [1.807, 2.05) is 0 Å². The number of unbranched alkanes of at least 4 members (excludes halogenated alkanes) is 2. The smallest absolute Gasteiger partial charge is 0.0195 e. The van der Waals surface area contributed by atoms with Crippen LogP contribution in [0.5, 0.6) is 0 Å². The van der Waals surface area contributed by atoms with Crippen molar-refractivity contribution in [2.75, 3.05) is 19.6 Å². The molecule has 0 saturated carbocycles. The van der Waals surface area contributed by atoms with Gasteiger partial charge in [-0.05, 0) is 20.3 Å². The highest BCUT2D eigenvalue weighted by atomic mass is 15.2. The van der Waals surface area contributed by atoms with Crippen molar-refractivity contribution in [3.05, 3.63) is 0 Å². The van der Waals surface area contributed by atoms with E-state index in [2.05, 4.69) is 31.0 Å². The van der Waals surface area contributed by atoms with Crippen LogP contribution in [0.15, 0.2) is 0 Å². The lowest BCUT2D eigenvalue weighted by Gasteiger charge is -2.38. The first kappa shape index (κ1) is 12.0. The van der Waals surface area contributed by atoms with E-state index >= 15 is 0 Å². The first-order chi connectivity index (χ1) is 6.75. The van der Waals surface area contributed by atoms with Crippen molar-refractivity contribution in [1.82, 2.24) is 10.2 Å². The summed E-state index contributed by atoms with van der Waals surface area (Å²) in [5.41, 5.74) is 0. The van der Waals surface area contributed by atoms with Gasteiger partial charge in [0, 0.05) is 31.7 Å². The van der Waals surface area contributed by atoms with E-state index in [4.69, 9.17) is 0 Å². The van der Waals surface area contributed by atoms with Crippen LogP contribution >= 0.6 is 0 Å². The third kappa shape index (κ3) is 3.58. The molecule has 2 nitrogen and oxygen atoms in total. The number of hydrogen-bond donors (Lipinski definition) is 1. The monoisotopic (exact) mass is 198 g/mol. The molecule has 1 fully saturated rings. The number of rotatable bonds is 5. The number of nitrogens with zero attached hydrogens (tertiary/aromatic N) is 1. The van der Waals surface area contributed by atoms with E-state index in [0.717, 1.165) is 18.6 Å². The van der Waals surface area contributed by atoms with Crippen molar-refractivity contribution in [1.29, 1.82) is 0 Å². The third-order valence-electron chi connectivity index (χ3n) is 3.34. The molecule has 0 amide bonds. The second kappa shape index (κ2) is 6.41. The van der Waals surface area contributed by atoms with Crippen molar-refractivity contribution >= 4 is 0 Å². The van der Waals surface area contributed by atoms with Crippen LogP contribution in [0.2, 0.25) is 0 Å². The summed E-state index contributed by atoms with van der Waals surface area (Å²) < 4.78 is 0. The minimum absolute atomic E-state index is 0.723. The van der Waals surface area contributed by atoms with E-state index in [9.17, 15) is 0 Å². The zero-order valence-corrected chi connectivity index (χ0v) is 10.1. The zero-order valence-electron chi connectivity index (χ0n) is 10.1. The molecule has 0 aromatic rings. The zero-order chi connectivity index (χ0) is 10.4.